The quantitative estimate of drug-likeness (QED) is 0.544. The van der Waals surface area contributed by atoms with Crippen molar-refractivity contribution in [3.05, 3.63) is 71.0 Å². The van der Waals surface area contributed by atoms with Gasteiger partial charge in [0.15, 0.2) is 5.11 Å². The molecule has 0 fully saturated rings. The fourth-order valence-electron chi connectivity index (χ4n) is 2.50. The van der Waals surface area contributed by atoms with Crippen LogP contribution in [0.15, 0.2) is 65.4 Å². The number of halogens is 1. The van der Waals surface area contributed by atoms with E-state index in [1.54, 1.807) is 6.20 Å². The van der Waals surface area contributed by atoms with Gasteiger partial charge in [-0.2, -0.15) is 5.10 Å². The van der Waals surface area contributed by atoms with Crippen molar-refractivity contribution in [3.63, 3.8) is 0 Å². The topological polar surface area (TPSA) is 51.1 Å². The normalized spacial score (nSPS) is 10.4. The maximum Gasteiger partial charge on any atom is 0.175 e. The van der Waals surface area contributed by atoms with E-state index in [9.17, 15) is 0 Å². The van der Waals surface area contributed by atoms with Gasteiger partial charge in [0.1, 0.15) is 5.75 Å². The van der Waals surface area contributed by atoms with Crippen LogP contribution in [0.25, 0.3) is 0 Å². The second kappa shape index (κ2) is 8.82. The van der Waals surface area contributed by atoms with Crippen molar-refractivity contribution in [2.45, 2.75) is 13.5 Å². The molecule has 0 aliphatic carbocycles. The minimum absolute atomic E-state index is 0.510. The van der Waals surface area contributed by atoms with Gasteiger partial charge >= 0.3 is 0 Å². The monoisotopic (exact) mass is 430 g/mol. The molecule has 2 aromatic carbocycles. The maximum atomic E-state index is 5.61. The standard InChI is InChI=1S/C19H19BrN4OS/c1-2-25-18-9-4-3-8-17(18)23-19(26)22-16-7-5-6-14(10-16)12-24-13-15(20)11-21-24/h3-11,13H,2,12H2,1H3,(H2,22,23,26). The van der Waals surface area contributed by atoms with Crippen molar-refractivity contribution in [1.82, 2.24) is 9.78 Å². The van der Waals surface area contributed by atoms with Crippen molar-refractivity contribution in [1.29, 1.82) is 0 Å². The predicted octanol–water partition coefficient (Wildman–Crippen LogP) is 4.90. The number of hydrogen-bond donors (Lipinski definition) is 2. The predicted molar refractivity (Wildman–Crippen MR) is 113 cm³/mol. The van der Waals surface area contributed by atoms with Crippen LogP contribution >= 0.6 is 28.1 Å². The summed E-state index contributed by atoms with van der Waals surface area (Å²) in [6.45, 7) is 3.25. The SMILES string of the molecule is CCOc1ccccc1NC(=S)Nc1cccc(Cn2cc(Br)cn2)c1. The first-order valence-corrected chi connectivity index (χ1v) is 9.41. The van der Waals surface area contributed by atoms with Gasteiger partial charge in [0.25, 0.3) is 0 Å². The fourth-order valence-corrected chi connectivity index (χ4v) is 3.05. The molecule has 2 N–H and O–H groups in total. The van der Waals surface area contributed by atoms with E-state index >= 15 is 0 Å². The van der Waals surface area contributed by atoms with E-state index in [0.717, 1.165) is 27.2 Å². The smallest absolute Gasteiger partial charge is 0.175 e. The molecule has 26 heavy (non-hydrogen) atoms. The summed E-state index contributed by atoms with van der Waals surface area (Å²) >= 11 is 8.85. The van der Waals surface area contributed by atoms with Crippen LogP contribution in [0, 0.1) is 0 Å². The van der Waals surface area contributed by atoms with E-state index in [1.165, 1.54) is 0 Å². The van der Waals surface area contributed by atoms with Gasteiger partial charge in [-0.05, 0) is 64.9 Å². The summed E-state index contributed by atoms with van der Waals surface area (Å²) in [5.74, 6) is 0.775. The van der Waals surface area contributed by atoms with E-state index in [1.807, 2.05) is 54.2 Å². The molecule has 134 valence electrons. The second-order valence-corrected chi connectivity index (χ2v) is 6.89. The third-order valence-electron chi connectivity index (χ3n) is 3.57. The van der Waals surface area contributed by atoms with Crippen LogP contribution in [-0.2, 0) is 6.54 Å². The number of nitrogens with one attached hydrogen (secondary N) is 2. The van der Waals surface area contributed by atoms with Crippen LogP contribution in [0.4, 0.5) is 11.4 Å². The molecule has 0 amide bonds. The lowest BCUT2D eigenvalue weighted by Crippen LogP contribution is -2.19. The molecule has 0 aliphatic heterocycles. The molecule has 3 aromatic rings. The lowest BCUT2D eigenvalue weighted by molar-refractivity contribution is 0.342. The van der Waals surface area contributed by atoms with Gasteiger partial charge in [0.2, 0.25) is 0 Å². The minimum Gasteiger partial charge on any atom is -0.492 e. The molecule has 0 aliphatic rings. The zero-order valence-corrected chi connectivity index (χ0v) is 16.7. The van der Waals surface area contributed by atoms with Crippen molar-refractivity contribution in [2.24, 2.45) is 0 Å². The molecule has 0 atom stereocenters. The van der Waals surface area contributed by atoms with E-state index in [2.05, 4.69) is 43.8 Å². The summed E-state index contributed by atoms with van der Waals surface area (Å²) in [6, 6.07) is 15.8. The van der Waals surface area contributed by atoms with Crippen molar-refractivity contribution in [2.75, 3.05) is 17.2 Å². The van der Waals surface area contributed by atoms with Crippen molar-refractivity contribution in [3.8, 4) is 5.75 Å². The molecule has 0 saturated heterocycles. The Morgan fingerprint density at radius 3 is 2.81 bits per heavy atom. The molecule has 1 aromatic heterocycles. The summed E-state index contributed by atoms with van der Waals surface area (Å²) < 4.78 is 8.45. The Hall–Kier alpha value is -2.38. The molecule has 0 spiro atoms. The average molecular weight is 431 g/mol. The molecular formula is C19H19BrN4OS. The number of ether oxygens (including phenoxy) is 1. The third kappa shape index (κ3) is 5.06. The third-order valence-corrected chi connectivity index (χ3v) is 4.18. The Morgan fingerprint density at radius 1 is 1.19 bits per heavy atom. The largest absolute Gasteiger partial charge is 0.492 e. The van der Waals surface area contributed by atoms with Gasteiger partial charge in [-0.25, -0.2) is 0 Å². The van der Waals surface area contributed by atoms with Crippen molar-refractivity contribution < 1.29 is 4.74 Å². The number of nitrogens with zero attached hydrogens (tertiary/aromatic N) is 2. The van der Waals surface area contributed by atoms with Gasteiger partial charge in [-0.1, -0.05) is 24.3 Å². The van der Waals surface area contributed by atoms with Crippen molar-refractivity contribution >= 4 is 44.6 Å². The highest BCUT2D eigenvalue weighted by molar-refractivity contribution is 9.10. The lowest BCUT2D eigenvalue weighted by Gasteiger charge is -2.14. The lowest BCUT2D eigenvalue weighted by atomic mass is 10.2. The van der Waals surface area contributed by atoms with Crippen LogP contribution in [0.1, 0.15) is 12.5 Å². The van der Waals surface area contributed by atoms with Crippen LogP contribution in [0.2, 0.25) is 0 Å². The first-order chi connectivity index (χ1) is 12.6. The number of anilines is 2. The van der Waals surface area contributed by atoms with Crippen LogP contribution < -0.4 is 15.4 Å². The second-order valence-electron chi connectivity index (χ2n) is 5.56. The molecule has 1 heterocycles. The highest BCUT2D eigenvalue weighted by atomic mass is 79.9. The molecule has 7 heteroatoms. The molecular weight excluding hydrogens is 412 g/mol. The van der Waals surface area contributed by atoms with Gasteiger partial charge in [-0.3, -0.25) is 4.68 Å². The zero-order valence-electron chi connectivity index (χ0n) is 14.3. The number of aromatic nitrogens is 2. The van der Waals surface area contributed by atoms with E-state index < -0.39 is 0 Å². The number of para-hydroxylation sites is 2. The van der Waals surface area contributed by atoms with E-state index in [4.69, 9.17) is 17.0 Å². The number of benzene rings is 2. The molecule has 0 radical (unpaired) electrons. The Bertz CT molecular complexity index is 897. The van der Waals surface area contributed by atoms with Crippen LogP contribution in [0.3, 0.4) is 0 Å². The first-order valence-electron chi connectivity index (χ1n) is 8.21. The van der Waals surface area contributed by atoms with Gasteiger partial charge in [0, 0.05) is 11.9 Å². The summed E-state index contributed by atoms with van der Waals surface area (Å²) in [7, 11) is 0. The molecule has 0 unspecified atom stereocenters. The highest BCUT2D eigenvalue weighted by Gasteiger charge is 2.06. The number of hydrogen-bond acceptors (Lipinski definition) is 3. The first kappa shape index (κ1) is 18.4. The molecule has 5 nitrogen and oxygen atoms in total. The number of thiocarbonyl (C=S) groups is 1. The van der Waals surface area contributed by atoms with Crippen LogP contribution in [-0.4, -0.2) is 21.5 Å². The zero-order chi connectivity index (χ0) is 18.4. The Kier molecular flexibility index (Phi) is 6.25. The van der Waals surface area contributed by atoms with E-state index in [0.29, 0.717) is 18.3 Å². The maximum absolute atomic E-state index is 5.61. The Balaban J connectivity index is 1.65. The Morgan fingerprint density at radius 2 is 2.04 bits per heavy atom. The summed E-state index contributed by atoms with van der Waals surface area (Å²) in [5.41, 5.74) is 2.88. The average Bonchev–Trinajstić information content (AvgIpc) is 3.02. The van der Waals surface area contributed by atoms with Gasteiger partial charge < -0.3 is 15.4 Å². The fraction of sp³-hybridized carbons (Fsp3) is 0.158. The molecule has 0 saturated carbocycles. The summed E-state index contributed by atoms with van der Waals surface area (Å²) in [6.07, 6.45) is 3.72. The van der Waals surface area contributed by atoms with Gasteiger partial charge in [-0.15, -0.1) is 0 Å². The highest BCUT2D eigenvalue weighted by Crippen LogP contribution is 2.24. The molecule has 0 bridgehead atoms. The number of rotatable bonds is 6. The Labute approximate surface area is 166 Å². The summed E-state index contributed by atoms with van der Waals surface area (Å²) in [4.78, 5) is 0. The van der Waals surface area contributed by atoms with Gasteiger partial charge in [0.05, 0.1) is 29.5 Å². The molecule has 3 rings (SSSR count). The summed E-state index contributed by atoms with van der Waals surface area (Å²) in [5, 5.41) is 11.2. The van der Waals surface area contributed by atoms with E-state index in [-0.39, 0.29) is 0 Å². The minimum atomic E-state index is 0.510. The van der Waals surface area contributed by atoms with Crippen LogP contribution in [0.5, 0.6) is 5.75 Å².